The SMILES string of the molecule is CCCCCCCC1CCC(CCc2ccc(-c3ccc(OC(F)F)cc3)cc2)CC1. The third kappa shape index (κ3) is 8.27. The van der Waals surface area contributed by atoms with Crippen molar-refractivity contribution < 1.29 is 13.5 Å². The van der Waals surface area contributed by atoms with Gasteiger partial charge >= 0.3 is 6.61 Å². The molecule has 1 aliphatic rings. The molecule has 3 rings (SSSR count). The first-order valence-electron chi connectivity index (χ1n) is 12.3. The molecule has 0 radical (unpaired) electrons. The molecule has 1 saturated carbocycles. The standard InChI is InChI=1S/C28H38F2O/c1-2-3-4-5-6-7-22-8-10-23(11-9-22)12-13-24-14-16-25(17-15-24)26-18-20-27(21-19-26)31-28(29)30/h14-23,28H,2-13H2,1H3. The van der Waals surface area contributed by atoms with E-state index in [1.54, 1.807) is 12.1 Å². The van der Waals surface area contributed by atoms with E-state index in [2.05, 4.69) is 35.9 Å². The van der Waals surface area contributed by atoms with Crippen LogP contribution in [0.2, 0.25) is 0 Å². The number of hydrogen-bond donors (Lipinski definition) is 0. The Bertz CT molecular complexity index is 731. The van der Waals surface area contributed by atoms with Crippen molar-refractivity contribution in [3.63, 3.8) is 0 Å². The molecule has 2 aromatic rings. The van der Waals surface area contributed by atoms with Gasteiger partial charge in [0, 0.05) is 0 Å². The van der Waals surface area contributed by atoms with Gasteiger partial charge in [-0.25, -0.2) is 0 Å². The molecule has 0 saturated heterocycles. The van der Waals surface area contributed by atoms with Crippen LogP contribution in [-0.2, 0) is 6.42 Å². The van der Waals surface area contributed by atoms with Crippen LogP contribution in [0, 0.1) is 11.8 Å². The molecule has 0 aromatic heterocycles. The van der Waals surface area contributed by atoms with Gasteiger partial charge in [-0.2, -0.15) is 8.78 Å². The molecule has 0 heterocycles. The summed E-state index contributed by atoms with van der Waals surface area (Å²) >= 11 is 0. The maximum Gasteiger partial charge on any atom is 0.387 e. The molecular formula is C28H38F2O. The van der Waals surface area contributed by atoms with E-state index in [1.807, 2.05) is 12.1 Å². The van der Waals surface area contributed by atoms with Gasteiger partial charge in [0.1, 0.15) is 5.75 Å². The van der Waals surface area contributed by atoms with Crippen molar-refractivity contribution in [2.45, 2.75) is 90.6 Å². The van der Waals surface area contributed by atoms with Crippen LogP contribution in [0.3, 0.4) is 0 Å². The highest BCUT2D eigenvalue weighted by atomic mass is 19.3. The van der Waals surface area contributed by atoms with Gasteiger partial charge in [0.15, 0.2) is 0 Å². The fourth-order valence-electron chi connectivity index (χ4n) is 4.91. The Kier molecular flexibility index (Phi) is 9.84. The van der Waals surface area contributed by atoms with Crippen LogP contribution in [0.4, 0.5) is 8.78 Å². The summed E-state index contributed by atoms with van der Waals surface area (Å²) in [6, 6.07) is 15.5. The predicted octanol–water partition coefficient (Wildman–Crippen LogP) is 9.05. The molecular weight excluding hydrogens is 390 g/mol. The van der Waals surface area contributed by atoms with E-state index in [1.165, 1.54) is 76.2 Å². The van der Waals surface area contributed by atoms with Gasteiger partial charge in [-0.15, -0.1) is 0 Å². The van der Waals surface area contributed by atoms with Crippen LogP contribution in [0.25, 0.3) is 11.1 Å². The Morgan fingerprint density at radius 2 is 1.29 bits per heavy atom. The number of ether oxygens (including phenoxy) is 1. The number of halogens is 2. The zero-order chi connectivity index (χ0) is 21.9. The summed E-state index contributed by atoms with van der Waals surface area (Å²) in [6.45, 7) is -0.499. The van der Waals surface area contributed by atoms with Crippen molar-refractivity contribution in [3.8, 4) is 16.9 Å². The van der Waals surface area contributed by atoms with Crippen LogP contribution >= 0.6 is 0 Å². The van der Waals surface area contributed by atoms with E-state index in [-0.39, 0.29) is 5.75 Å². The minimum absolute atomic E-state index is 0.196. The molecule has 0 N–H and O–H groups in total. The summed E-state index contributed by atoms with van der Waals surface area (Å²) in [5.74, 6) is 2.06. The Hall–Kier alpha value is -1.90. The number of benzene rings is 2. The van der Waals surface area contributed by atoms with E-state index < -0.39 is 6.61 Å². The summed E-state index contributed by atoms with van der Waals surface area (Å²) in [7, 11) is 0. The zero-order valence-corrected chi connectivity index (χ0v) is 19.0. The second-order valence-electron chi connectivity index (χ2n) is 9.23. The molecule has 1 nitrogen and oxygen atoms in total. The van der Waals surface area contributed by atoms with E-state index in [0.717, 1.165) is 29.4 Å². The van der Waals surface area contributed by atoms with Gasteiger partial charge in [0.2, 0.25) is 0 Å². The molecule has 1 aliphatic carbocycles. The van der Waals surface area contributed by atoms with Crippen molar-refractivity contribution >= 4 is 0 Å². The summed E-state index contributed by atoms with van der Waals surface area (Å²) in [5, 5.41) is 0. The first-order chi connectivity index (χ1) is 15.1. The van der Waals surface area contributed by atoms with Crippen molar-refractivity contribution in [1.29, 1.82) is 0 Å². The molecule has 0 unspecified atom stereocenters. The van der Waals surface area contributed by atoms with Crippen molar-refractivity contribution in [3.05, 3.63) is 54.1 Å². The first-order valence-corrected chi connectivity index (χ1v) is 12.3. The normalized spacial score (nSPS) is 19.0. The van der Waals surface area contributed by atoms with Crippen LogP contribution in [0.1, 0.15) is 83.1 Å². The average Bonchev–Trinajstić information content (AvgIpc) is 2.79. The average molecular weight is 429 g/mol. The lowest BCUT2D eigenvalue weighted by atomic mass is 9.77. The quantitative estimate of drug-likeness (QED) is 0.306. The van der Waals surface area contributed by atoms with Crippen LogP contribution in [-0.4, -0.2) is 6.61 Å². The zero-order valence-electron chi connectivity index (χ0n) is 19.0. The van der Waals surface area contributed by atoms with Crippen LogP contribution in [0.5, 0.6) is 5.75 Å². The monoisotopic (exact) mass is 428 g/mol. The molecule has 3 heteroatoms. The Balaban J connectivity index is 1.37. The third-order valence-corrected chi connectivity index (χ3v) is 6.89. The van der Waals surface area contributed by atoms with E-state index >= 15 is 0 Å². The van der Waals surface area contributed by atoms with E-state index in [4.69, 9.17) is 0 Å². The van der Waals surface area contributed by atoms with Gasteiger partial charge < -0.3 is 4.74 Å². The van der Waals surface area contributed by atoms with Gasteiger partial charge in [0.25, 0.3) is 0 Å². The lowest BCUT2D eigenvalue weighted by molar-refractivity contribution is -0.0498. The number of aryl methyl sites for hydroxylation is 1. The minimum atomic E-state index is -2.78. The Labute approximate surface area is 187 Å². The van der Waals surface area contributed by atoms with Crippen LogP contribution in [0.15, 0.2) is 48.5 Å². The van der Waals surface area contributed by atoms with Crippen LogP contribution < -0.4 is 4.74 Å². The topological polar surface area (TPSA) is 9.23 Å². The van der Waals surface area contributed by atoms with Gasteiger partial charge in [0.05, 0.1) is 0 Å². The molecule has 1 fully saturated rings. The molecule has 0 aliphatic heterocycles. The second-order valence-corrected chi connectivity index (χ2v) is 9.23. The molecule has 170 valence electrons. The lowest BCUT2D eigenvalue weighted by Gasteiger charge is -2.28. The third-order valence-electron chi connectivity index (χ3n) is 6.89. The summed E-state index contributed by atoms with van der Waals surface area (Å²) in [4.78, 5) is 0. The van der Waals surface area contributed by atoms with Crippen molar-refractivity contribution in [2.24, 2.45) is 11.8 Å². The molecule has 0 amide bonds. The van der Waals surface area contributed by atoms with Gasteiger partial charge in [-0.3, -0.25) is 0 Å². The summed E-state index contributed by atoms with van der Waals surface area (Å²) in [5.41, 5.74) is 3.51. The fourth-order valence-corrected chi connectivity index (χ4v) is 4.91. The van der Waals surface area contributed by atoms with Crippen molar-refractivity contribution in [2.75, 3.05) is 0 Å². The molecule has 0 spiro atoms. The lowest BCUT2D eigenvalue weighted by Crippen LogP contribution is -2.15. The van der Waals surface area contributed by atoms with Crippen molar-refractivity contribution in [1.82, 2.24) is 0 Å². The maximum absolute atomic E-state index is 12.3. The smallest absolute Gasteiger partial charge is 0.387 e. The number of hydrogen-bond acceptors (Lipinski definition) is 1. The molecule has 31 heavy (non-hydrogen) atoms. The Morgan fingerprint density at radius 1 is 0.742 bits per heavy atom. The van der Waals surface area contributed by atoms with Gasteiger partial charge in [-0.05, 0) is 53.5 Å². The fraction of sp³-hybridized carbons (Fsp3) is 0.571. The summed E-state index contributed by atoms with van der Waals surface area (Å²) in [6.07, 6.45) is 16.6. The highest BCUT2D eigenvalue weighted by Gasteiger charge is 2.20. The van der Waals surface area contributed by atoms with E-state index in [9.17, 15) is 8.78 Å². The highest BCUT2D eigenvalue weighted by molar-refractivity contribution is 5.64. The molecule has 0 atom stereocenters. The number of alkyl halides is 2. The number of unbranched alkanes of at least 4 members (excludes halogenated alkanes) is 4. The number of rotatable bonds is 12. The highest BCUT2D eigenvalue weighted by Crippen LogP contribution is 2.34. The molecule has 2 aromatic carbocycles. The Morgan fingerprint density at radius 3 is 1.87 bits per heavy atom. The molecule has 0 bridgehead atoms. The first kappa shape index (κ1) is 23.8. The second kappa shape index (κ2) is 12.8. The maximum atomic E-state index is 12.3. The van der Waals surface area contributed by atoms with E-state index in [0.29, 0.717) is 0 Å². The van der Waals surface area contributed by atoms with Gasteiger partial charge in [-0.1, -0.05) is 108 Å². The summed E-state index contributed by atoms with van der Waals surface area (Å²) < 4.78 is 29.0. The minimum Gasteiger partial charge on any atom is -0.435 e. The largest absolute Gasteiger partial charge is 0.435 e. The predicted molar refractivity (Wildman–Crippen MR) is 126 cm³/mol.